The molecule has 2 aromatic heterocycles. The van der Waals surface area contributed by atoms with Crippen molar-refractivity contribution in [3.05, 3.63) is 5.69 Å². The summed E-state index contributed by atoms with van der Waals surface area (Å²) in [6, 6.07) is 0.380. The minimum Gasteiger partial charge on any atom is -0.368 e. The van der Waals surface area contributed by atoms with Crippen LogP contribution in [-0.2, 0) is 7.05 Å². The number of nitrogens with two attached hydrogens (primary N) is 1. The van der Waals surface area contributed by atoms with Crippen LogP contribution in [0.5, 0.6) is 0 Å². The van der Waals surface area contributed by atoms with Gasteiger partial charge in [0.1, 0.15) is 5.82 Å². The molecule has 0 saturated carbocycles. The number of anilines is 2. The first kappa shape index (κ1) is 12.2. The fraction of sp³-hybridized carbons (Fsp3) is 0.583. The van der Waals surface area contributed by atoms with E-state index >= 15 is 0 Å². The van der Waals surface area contributed by atoms with E-state index < -0.39 is 0 Å². The predicted molar refractivity (Wildman–Crippen MR) is 75.1 cm³/mol. The zero-order valence-corrected chi connectivity index (χ0v) is 11.5. The molecule has 1 saturated heterocycles. The maximum atomic E-state index is 5.85. The van der Waals surface area contributed by atoms with Crippen molar-refractivity contribution in [2.75, 3.05) is 30.3 Å². The van der Waals surface area contributed by atoms with E-state index in [-0.39, 0.29) is 0 Å². The maximum Gasteiger partial charge on any atom is 0.224 e. The molecule has 3 rings (SSSR count). The Morgan fingerprint density at radius 1 is 1.37 bits per heavy atom. The first-order valence-electron chi connectivity index (χ1n) is 6.52. The predicted octanol–water partition coefficient (Wildman–Crippen LogP) is 0.0520. The van der Waals surface area contributed by atoms with Crippen LogP contribution in [-0.4, -0.2) is 45.4 Å². The number of nitrogen functional groups attached to an aromatic ring is 1. The van der Waals surface area contributed by atoms with Gasteiger partial charge in [0.15, 0.2) is 5.65 Å². The van der Waals surface area contributed by atoms with Crippen molar-refractivity contribution < 1.29 is 0 Å². The second-order valence-corrected chi connectivity index (χ2v) is 5.06. The van der Waals surface area contributed by atoms with Crippen molar-refractivity contribution in [1.82, 2.24) is 25.1 Å². The molecular formula is C12H19N7. The van der Waals surface area contributed by atoms with Gasteiger partial charge in [0, 0.05) is 32.7 Å². The van der Waals surface area contributed by atoms with Gasteiger partial charge >= 0.3 is 0 Å². The first-order chi connectivity index (χ1) is 9.08. The molecule has 0 aliphatic carbocycles. The molecule has 0 amide bonds. The van der Waals surface area contributed by atoms with E-state index in [0.29, 0.717) is 12.0 Å². The van der Waals surface area contributed by atoms with E-state index in [2.05, 4.69) is 32.2 Å². The van der Waals surface area contributed by atoms with Gasteiger partial charge in [-0.25, -0.2) is 4.68 Å². The number of aromatic nitrogens is 4. The molecular weight excluding hydrogens is 242 g/mol. The summed E-state index contributed by atoms with van der Waals surface area (Å²) in [6.45, 7) is 6.99. The summed E-state index contributed by atoms with van der Waals surface area (Å²) >= 11 is 0. The number of hydrogen-bond acceptors (Lipinski definition) is 6. The number of aryl methyl sites for hydroxylation is 2. The number of nitrogens with one attached hydrogen (secondary N) is 1. The van der Waals surface area contributed by atoms with Crippen LogP contribution in [0.1, 0.15) is 12.6 Å². The Morgan fingerprint density at radius 3 is 2.89 bits per heavy atom. The summed E-state index contributed by atoms with van der Waals surface area (Å²) in [7, 11) is 1.88. The highest BCUT2D eigenvalue weighted by atomic mass is 15.3. The Labute approximate surface area is 111 Å². The minimum absolute atomic E-state index is 0.302. The number of nitrogens with zero attached hydrogens (tertiary/aromatic N) is 5. The topological polar surface area (TPSA) is 84.9 Å². The highest BCUT2D eigenvalue weighted by molar-refractivity contribution is 5.90. The lowest BCUT2D eigenvalue weighted by molar-refractivity contribution is 0.498. The zero-order chi connectivity index (χ0) is 13.6. The molecule has 3 heterocycles. The van der Waals surface area contributed by atoms with Crippen molar-refractivity contribution in [1.29, 1.82) is 0 Å². The average molecular weight is 261 g/mol. The molecule has 0 aromatic carbocycles. The largest absolute Gasteiger partial charge is 0.368 e. The Kier molecular flexibility index (Phi) is 2.78. The second-order valence-electron chi connectivity index (χ2n) is 5.06. The van der Waals surface area contributed by atoms with Crippen LogP contribution in [0.3, 0.4) is 0 Å². The number of piperazine rings is 1. The molecule has 3 N–H and O–H groups in total. The quantitative estimate of drug-likeness (QED) is 0.754. The van der Waals surface area contributed by atoms with Crippen LogP contribution in [0.25, 0.3) is 11.0 Å². The summed E-state index contributed by atoms with van der Waals surface area (Å²) in [6.07, 6.45) is 0. The van der Waals surface area contributed by atoms with Crippen LogP contribution < -0.4 is 16.0 Å². The summed E-state index contributed by atoms with van der Waals surface area (Å²) < 4.78 is 1.76. The fourth-order valence-corrected chi connectivity index (χ4v) is 2.70. The van der Waals surface area contributed by atoms with E-state index in [1.54, 1.807) is 4.68 Å². The van der Waals surface area contributed by atoms with Crippen LogP contribution in [0.2, 0.25) is 0 Å². The van der Waals surface area contributed by atoms with Crippen LogP contribution in [0.15, 0.2) is 0 Å². The molecule has 0 spiro atoms. The molecule has 0 unspecified atom stereocenters. The van der Waals surface area contributed by atoms with E-state index in [0.717, 1.165) is 42.2 Å². The minimum atomic E-state index is 0.302. The smallest absolute Gasteiger partial charge is 0.224 e. The maximum absolute atomic E-state index is 5.85. The van der Waals surface area contributed by atoms with Crippen LogP contribution >= 0.6 is 0 Å². The van der Waals surface area contributed by atoms with E-state index in [1.807, 2.05) is 14.0 Å². The van der Waals surface area contributed by atoms with Gasteiger partial charge in [0.05, 0.1) is 11.1 Å². The molecule has 2 aromatic rings. The molecule has 1 fully saturated rings. The summed E-state index contributed by atoms with van der Waals surface area (Å²) in [5.74, 6) is 1.21. The first-order valence-corrected chi connectivity index (χ1v) is 6.52. The van der Waals surface area contributed by atoms with Crippen molar-refractivity contribution in [3.8, 4) is 0 Å². The summed E-state index contributed by atoms with van der Waals surface area (Å²) in [5, 5.41) is 8.81. The Morgan fingerprint density at radius 2 is 2.16 bits per heavy atom. The van der Waals surface area contributed by atoms with Crippen LogP contribution in [0, 0.1) is 6.92 Å². The van der Waals surface area contributed by atoms with Gasteiger partial charge < -0.3 is 16.0 Å². The highest BCUT2D eigenvalue weighted by Gasteiger charge is 2.24. The molecule has 102 valence electrons. The third-order valence-corrected chi connectivity index (χ3v) is 3.63. The Balaban J connectivity index is 2.21. The lowest BCUT2D eigenvalue weighted by Crippen LogP contribution is -2.50. The van der Waals surface area contributed by atoms with Gasteiger partial charge in [0.2, 0.25) is 5.95 Å². The van der Waals surface area contributed by atoms with E-state index in [1.165, 1.54) is 0 Å². The van der Waals surface area contributed by atoms with Crippen molar-refractivity contribution in [3.63, 3.8) is 0 Å². The zero-order valence-electron chi connectivity index (χ0n) is 11.5. The molecule has 7 heteroatoms. The lowest BCUT2D eigenvalue weighted by Gasteiger charge is -2.35. The van der Waals surface area contributed by atoms with Crippen LogP contribution in [0.4, 0.5) is 11.8 Å². The molecule has 1 aliphatic rings. The normalized spacial score (nSPS) is 20.2. The molecule has 7 nitrogen and oxygen atoms in total. The third kappa shape index (κ3) is 1.90. The standard InChI is InChI=1S/C12H19N7/c1-7-6-14-4-5-19(7)11-9-8(2)17-18(3)10(9)15-12(13)16-11/h7,14H,4-6H2,1-3H3,(H2,13,15,16)/t7-/m0/s1. The number of hydrogen-bond donors (Lipinski definition) is 2. The van der Waals surface area contributed by atoms with Crippen molar-refractivity contribution in [2.45, 2.75) is 19.9 Å². The third-order valence-electron chi connectivity index (χ3n) is 3.63. The van der Waals surface area contributed by atoms with Gasteiger partial charge in [-0.3, -0.25) is 0 Å². The fourth-order valence-electron chi connectivity index (χ4n) is 2.70. The molecule has 1 aliphatic heterocycles. The van der Waals surface area contributed by atoms with E-state index in [4.69, 9.17) is 5.73 Å². The van der Waals surface area contributed by atoms with Gasteiger partial charge in [-0.05, 0) is 13.8 Å². The molecule has 0 radical (unpaired) electrons. The van der Waals surface area contributed by atoms with Gasteiger partial charge in [-0.15, -0.1) is 0 Å². The average Bonchev–Trinajstić information content (AvgIpc) is 2.65. The Bertz CT molecular complexity index is 618. The lowest BCUT2D eigenvalue weighted by atomic mass is 10.2. The van der Waals surface area contributed by atoms with Gasteiger partial charge in [0.25, 0.3) is 0 Å². The van der Waals surface area contributed by atoms with Crippen molar-refractivity contribution in [2.24, 2.45) is 7.05 Å². The molecule has 1 atom stereocenters. The summed E-state index contributed by atoms with van der Waals surface area (Å²) in [5.41, 5.74) is 7.59. The van der Waals surface area contributed by atoms with Crippen molar-refractivity contribution >= 4 is 22.8 Å². The SMILES string of the molecule is Cc1nn(C)c2nc(N)nc(N3CCNC[C@@H]3C)c12. The summed E-state index contributed by atoms with van der Waals surface area (Å²) in [4.78, 5) is 11.0. The monoisotopic (exact) mass is 261 g/mol. The highest BCUT2D eigenvalue weighted by Crippen LogP contribution is 2.28. The molecule has 0 bridgehead atoms. The number of fused-ring (bicyclic) bond motifs is 1. The van der Waals surface area contributed by atoms with Gasteiger partial charge in [-0.2, -0.15) is 15.1 Å². The van der Waals surface area contributed by atoms with E-state index in [9.17, 15) is 0 Å². The Hall–Kier alpha value is -1.89. The number of rotatable bonds is 1. The van der Waals surface area contributed by atoms with Gasteiger partial charge in [-0.1, -0.05) is 0 Å². The molecule has 19 heavy (non-hydrogen) atoms. The second kappa shape index (κ2) is 4.34.